The van der Waals surface area contributed by atoms with Gasteiger partial charge in [0.25, 0.3) is 0 Å². The van der Waals surface area contributed by atoms with Crippen LogP contribution >= 0.6 is 0 Å². The van der Waals surface area contributed by atoms with Crippen LogP contribution in [-0.4, -0.2) is 46.7 Å². The maximum Gasteiger partial charge on any atom is 0.231 e. The summed E-state index contributed by atoms with van der Waals surface area (Å²) in [6.45, 7) is 2.78. The van der Waals surface area contributed by atoms with Gasteiger partial charge in [0.2, 0.25) is 5.91 Å². The fourth-order valence-corrected chi connectivity index (χ4v) is 4.78. The molecule has 0 bridgehead atoms. The molecular weight excluding hydrogens is 494 g/mol. The van der Waals surface area contributed by atoms with Crippen LogP contribution in [0.1, 0.15) is 36.6 Å². The fraction of sp³-hybridized carbons (Fsp3) is 0.379. The molecule has 1 fully saturated rings. The minimum absolute atomic E-state index is 0.0177. The Morgan fingerprint density at radius 3 is 2.59 bits per heavy atom. The van der Waals surface area contributed by atoms with Crippen molar-refractivity contribution in [2.45, 2.75) is 39.3 Å². The summed E-state index contributed by atoms with van der Waals surface area (Å²) < 4.78 is 13.0. The van der Waals surface area contributed by atoms with Gasteiger partial charge in [-0.15, -0.1) is 0 Å². The van der Waals surface area contributed by atoms with Crippen molar-refractivity contribution < 1.29 is 14.3 Å². The number of methoxy groups -OCH3 is 2. The average Bonchev–Trinajstić information content (AvgIpc) is 3.76. The van der Waals surface area contributed by atoms with Crippen LogP contribution in [-0.2, 0) is 31.4 Å². The summed E-state index contributed by atoms with van der Waals surface area (Å²) in [5, 5.41) is 0. The molecule has 1 aliphatic rings. The van der Waals surface area contributed by atoms with E-state index in [-0.39, 0.29) is 11.8 Å². The van der Waals surface area contributed by atoms with Gasteiger partial charge in [0.15, 0.2) is 5.82 Å². The summed E-state index contributed by atoms with van der Waals surface area (Å²) in [6, 6.07) is 9.65. The van der Waals surface area contributed by atoms with Crippen LogP contribution < -0.4 is 25.0 Å². The van der Waals surface area contributed by atoms with Gasteiger partial charge in [0.05, 0.1) is 50.2 Å². The average molecular weight is 530 g/mol. The van der Waals surface area contributed by atoms with Gasteiger partial charge in [-0.05, 0) is 43.0 Å². The maximum atomic E-state index is 13.8. The smallest absolute Gasteiger partial charge is 0.231 e. The van der Waals surface area contributed by atoms with Crippen molar-refractivity contribution in [3.63, 3.8) is 0 Å². The van der Waals surface area contributed by atoms with Crippen molar-refractivity contribution >= 4 is 34.3 Å². The number of nitrogens with zero attached hydrogens (tertiary/aromatic N) is 6. The number of amides is 1. The lowest BCUT2D eigenvalue weighted by Crippen LogP contribution is -2.33. The first-order valence-electron chi connectivity index (χ1n) is 13.1. The van der Waals surface area contributed by atoms with Gasteiger partial charge in [0, 0.05) is 44.3 Å². The largest absolute Gasteiger partial charge is 0.497 e. The van der Waals surface area contributed by atoms with Gasteiger partial charge in [-0.25, -0.2) is 9.97 Å². The third-order valence-electron chi connectivity index (χ3n) is 7.27. The van der Waals surface area contributed by atoms with Crippen molar-refractivity contribution in [2.75, 3.05) is 31.1 Å². The minimum Gasteiger partial charge on any atom is -0.497 e. The molecule has 3 heterocycles. The fourth-order valence-electron chi connectivity index (χ4n) is 4.78. The molecule has 1 aromatic carbocycles. The van der Waals surface area contributed by atoms with Gasteiger partial charge in [0.1, 0.15) is 22.8 Å². The number of imidazole rings is 1. The number of aromatic nitrogens is 4. The molecule has 10 nitrogen and oxygen atoms in total. The number of nitrogens with two attached hydrogens (primary N) is 1. The molecule has 204 valence electrons. The first-order chi connectivity index (χ1) is 18.9. The number of hydrogen-bond acceptors (Lipinski definition) is 8. The van der Waals surface area contributed by atoms with E-state index < -0.39 is 0 Å². The molecule has 0 atom stereocenters. The summed E-state index contributed by atoms with van der Waals surface area (Å²) in [4.78, 5) is 31.8. The molecular formula is C29H35N7O3. The number of benzene rings is 1. The quantitative estimate of drug-likeness (QED) is 0.327. The van der Waals surface area contributed by atoms with Crippen LogP contribution in [0.5, 0.6) is 11.5 Å². The first kappa shape index (κ1) is 26.4. The van der Waals surface area contributed by atoms with Crippen molar-refractivity contribution in [1.29, 1.82) is 0 Å². The van der Waals surface area contributed by atoms with Crippen molar-refractivity contribution in [2.24, 2.45) is 18.7 Å². The zero-order chi connectivity index (χ0) is 27.7. The highest BCUT2D eigenvalue weighted by atomic mass is 16.5. The Bertz CT molecular complexity index is 1510. The number of pyridine rings is 2. The van der Waals surface area contributed by atoms with Crippen LogP contribution in [0.15, 0.2) is 42.9 Å². The number of fused-ring (bicyclic) bond motifs is 1. The van der Waals surface area contributed by atoms with Gasteiger partial charge in [-0.2, -0.15) is 0 Å². The summed E-state index contributed by atoms with van der Waals surface area (Å²) in [7, 11) is 7.14. The van der Waals surface area contributed by atoms with Crippen molar-refractivity contribution in [3.05, 3.63) is 59.7 Å². The van der Waals surface area contributed by atoms with E-state index in [1.807, 2.05) is 60.1 Å². The second-order valence-electron chi connectivity index (χ2n) is 9.82. The summed E-state index contributed by atoms with van der Waals surface area (Å²) in [5.41, 5.74) is 11.1. The standard InChI is InChI=1S/C29H35N7O3/c1-6-18-11-21(14-30)31-15-24(18)35(3)26-13-23-27(32-17-34(23)2)28(33-26)36(29(37)19-7-8-19)16-20-9-10-22(38-4)12-25(20)39-5/h9-13,15,17,19H,6-8,14,16,30H2,1-5H3. The Morgan fingerprint density at radius 1 is 1.13 bits per heavy atom. The molecule has 0 saturated heterocycles. The highest BCUT2D eigenvalue weighted by Gasteiger charge is 2.36. The second kappa shape index (κ2) is 10.9. The monoisotopic (exact) mass is 529 g/mol. The van der Waals surface area contributed by atoms with E-state index in [2.05, 4.69) is 16.9 Å². The van der Waals surface area contributed by atoms with Crippen LogP contribution in [0.3, 0.4) is 0 Å². The lowest BCUT2D eigenvalue weighted by molar-refractivity contribution is -0.119. The highest BCUT2D eigenvalue weighted by molar-refractivity contribution is 6.02. The Kier molecular flexibility index (Phi) is 7.38. The molecule has 0 aliphatic heterocycles. The van der Waals surface area contributed by atoms with E-state index in [9.17, 15) is 4.79 Å². The van der Waals surface area contributed by atoms with Gasteiger partial charge >= 0.3 is 0 Å². The molecule has 10 heteroatoms. The Morgan fingerprint density at radius 2 is 1.92 bits per heavy atom. The predicted molar refractivity (Wildman–Crippen MR) is 152 cm³/mol. The highest BCUT2D eigenvalue weighted by Crippen LogP contribution is 2.38. The molecule has 0 unspecified atom stereocenters. The Hall–Kier alpha value is -4.18. The lowest BCUT2D eigenvalue weighted by Gasteiger charge is -2.26. The van der Waals surface area contributed by atoms with E-state index in [0.717, 1.165) is 47.3 Å². The van der Waals surface area contributed by atoms with Crippen LogP contribution in [0.2, 0.25) is 0 Å². The van der Waals surface area contributed by atoms with E-state index in [1.54, 1.807) is 25.4 Å². The number of ether oxygens (including phenoxy) is 2. The van der Waals surface area contributed by atoms with Crippen LogP contribution in [0.4, 0.5) is 17.3 Å². The van der Waals surface area contributed by atoms with Gasteiger partial charge in [-0.1, -0.05) is 6.92 Å². The molecule has 1 amide bonds. The zero-order valence-electron chi connectivity index (χ0n) is 23.1. The van der Waals surface area contributed by atoms with E-state index in [4.69, 9.17) is 20.2 Å². The third-order valence-corrected chi connectivity index (χ3v) is 7.27. The predicted octanol–water partition coefficient (Wildman–Crippen LogP) is 4.11. The van der Waals surface area contributed by atoms with Crippen molar-refractivity contribution in [1.82, 2.24) is 19.5 Å². The first-order valence-corrected chi connectivity index (χ1v) is 13.1. The third kappa shape index (κ3) is 5.12. The second-order valence-corrected chi connectivity index (χ2v) is 9.82. The number of anilines is 3. The molecule has 1 aliphatic carbocycles. The zero-order valence-corrected chi connectivity index (χ0v) is 23.1. The normalized spacial score (nSPS) is 13.0. The Balaban J connectivity index is 1.64. The minimum atomic E-state index is -0.0177. The van der Waals surface area contributed by atoms with E-state index >= 15 is 0 Å². The van der Waals surface area contributed by atoms with Crippen molar-refractivity contribution in [3.8, 4) is 11.5 Å². The van der Waals surface area contributed by atoms with Crippen LogP contribution in [0.25, 0.3) is 11.0 Å². The van der Waals surface area contributed by atoms with E-state index in [1.165, 1.54) is 0 Å². The summed E-state index contributed by atoms with van der Waals surface area (Å²) >= 11 is 0. The molecule has 0 spiro atoms. The number of rotatable bonds is 10. The molecule has 3 aromatic heterocycles. The molecule has 39 heavy (non-hydrogen) atoms. The number of hydrogen-bond donors (Lipinski definition) is 1. The van der Waals surface area contributed by atoms with Gasteiger partial charge in [-0.3, -0.25) is 14.7 Å². The number of carbonyl (C=O) groups is 1. The Labute approximate surface area is 228 Å². The molecule has 2 N–H and O–H groups in total. The molecule has 0 radical (unpaired) electrons. The summed E-state index contributed by atoms with van der Waals surface area (Å²) in [5.74, 6) is 2.56. The van der Waals surface area contributed by atoms with E-state index in [0.29, 0.717) is 41.7 Å². The molecule has 1 saturated carbocycles. The number of carbonyl (C=O) groups excluding carboxylic acids is 1. The maximum absolute atomic E-state index is 13.8. The SMILES string of the molecule is CCc1cc(CN)ncc1N(C)c1cc2c(ncn2C)c(N(Cc2ccc(OC)cc2OC)C(=O)C2CC2)n1. The van der Waals surface area contributed by atoms with Gasteiger partial charge < -0.3 is 24.7 Å². The molecule has 5 rings (SSSR count). The number of aryl methyl sites for hydroxylation is 2. The topological polar surface area (TPSA) is 112 Å². The molecule has 4 aromatic rings. The van der Waals surface area contributed by atoms with Crippen LogP contribution in [0, 0.1) is 5.92 Å². The summed E-state index contributed by atoms with van der Waals surface area (Å²) in [6.07, 6.45) is 6.16. The lowest BCUT2D eigenvalue weighted by atomic mass is 10.1.